The zero-order valence-electron chi connectivity index (χ0n) is 12.6. The number of aromatic nitrogens is 1. The summed E-state index contributed by atoms with van der Waals surface area (Å²) in [4.78, 5) is 3.89. The van der Waals surface area contributed by atoms with Crippen LogP contribution in [0.5, 0.6) is 11.6 Å². The third-order valence-corrected chi connectivity index (χ3v) is 6.02. The Morgan fingerprint density at radius 2 is 2.08 bits per heavy atom. The second kappa shape index (κ2) is 6.66. The van der Waals surface area contributed by atoms with Crippen LogP contribution in [-0.4, -0.2) is 44.0 Å². The third-order valence-electron chi connectivity index (χ3n) is 3.56. The van der Waals surface area contributed by atoms with Crippen LogP contribution in [-0.2, 0) is 10.0 Å². The molecule has 0 spiro atoms. The normalized spacial score (nSPS) is 15.8. The second-order valence-electron chi connectivity index (χ2n) is 5.15. The molecule has 0 saturated carbocycles. The Hall–Kier alpha value is -1.71. The lowest BCUT2D eigenvalue weighted by Gasteiger charge is -2.37. The van der Waals surface area contributed by atoms with Crippen molar-refractivity contribution in [2.45, 2.75) is 11.0 Å². The Balaban J connectivity index is 1.73. The molecule has 1 aliphatic heterocycles. The zero-order chi connectivity index (χ0) is 17.3. The highest BCUT2D eigenvalue weighted by Crippen LogP contribution is 2.31. The molecule has 0 atom stereocenters. The molecule has 128 valence electrons. The molecule has 1 aromatic carbocycles. The summed E-state index contributed by atoms with van der Waals surface area (Å²) in [5, 5.41) is 0. The maximum Gasteiger partial charge on any atom is 0.247 e. The van der Waals surface area contributed by atoms with E-state index in [0.29, 0.717) is 10.4 Å². The van der Waals surface area contributed by atoms with E-state index in [1.165, 1.54) is 17.5 Å². The highest BCUT2D eigenvalue weighted by Gasteiger charge is 2.40. The van der Waals surface area contributed by atoms with Crippen molar-refractivity contribution in [1.29, 1.82) is 0 Å². The summed E-state index contributed by atoms with van der Waals surface area (Å²) >= 11 is 3.32. The molecule has 0 aliphatic carbocycles. The molecule has 3 rings (SSSR count). The number of sulfonamides is 1. The Kier molecular flexibility index (Phi) is 4.75. The van der Waals surface area contributed by atoms with Crippen LogP contribution in [0.2, 0.25) is 0 Å². The van der Waals surface area contributed by atoms with Gasteiger partial charge in [-0.3, -0.25) is 0 Å². The molecule has 2 heterocycles. The molecule has 6 nitrogen and oxygen atoms in total. The number of ether oxygens (including phenoxy) is 2. The lowest BCUT2D eigenvalue weighted by molar-refractivity contribution is 0.0712. The van der Waals surface area contributed by atoms with E-state index >= 15 is 0 Å². The van der Waals surface area contributed by atoms with Crippen molar-refractivity contribution in [2.24, 2.45) is 0 Å². The van der Waals surface area contributed by atoms with Gasteiger partial charge in [0.2, 0.25) is 15.9 Å². The predicted molar refractivity (Wildman–Crippen MR) is 88.1 cm³/mol. The number of halogens is 2. The number of pyridine rings is 1. The van der Waals surface area contributed by atoms with Crippen molar-refractivity contribution in [3.8, 4) is 11.6 Å². The minimum atomic E-state index is -3.85. The van der Waals surface area contributed by atoms with Gasteiger partial charge in [-0.2, -0.15) is 4.31 Å². The maximum absolute atomic E-state index is 13.4. The number of rotatable bonds is 5. The largest absolute Gasteiger partial charge is 0.495 e. The summed E-state index contributed by atoms with van der Waals surface area (Å²) in [5.74, 6) is -0.128. The molecule has 0 amide bonds. The van der Waals surface area contributed by atoms with E-state index in [2.05, 4.69) is 20.9 Å². The van der Waals surface area contributed by atoms with Gasteiger partial charge in [-0.25, -0.2) is 17.8 Å². The van der Waals surface area contributed by atoms with Crippen LogP contribution < -0.4 is 9.47 Å². The van der Waals surface area contributed by atoms with E-state index in [1.54, 1.807) is 18.3 Å². The summed E-state index contributed by atoms with van der Waals surface area (Å²) in [5.41, 5.74) is 0. The van der Waals surface area contributed by atoms with Gasteiger partial charge in [-0.05, 0) is 46.3 Å². The topological polar surface area (TPSA) is 68.7 Å². The molecule has 1 aliphatic rings. The van der Waals surface area contributed by atoms with Crippen LogP contribution >= 0.6 is 15.9 Å². The lowest BCUT2D eigenvalue weighted by atomic mass is 10.2. The number of nitrogens with zero attached hydrogens (tertiary/aromatic N) is 2. The standard InChI is InChI=1S/C15H14BrFN2O4S/c1-22-13-5-4-10(17)7-14(13)24(20,21)19-8-11(9-19)23-15-12(16)3-2-6-18-15/h2-7,11H,8-9H2,1H3. The van der Waals surface area contributed by atoms with E-state index in [4.69, 9.17) is 9.47 Å². The average molecular weight is 417 g/mol. The van der Waals surface area contributed by atoms with Gasteiger partial charge in [-0.1, -0.05) is 0 Å². The van der Waals surface area contributed by atoms with Crippen molar-refractivity contribution >= 4 is 26.0 Å². The van der Waals surface area contributed by atoms with Crippen molar-refractivity contribution in [3.05, 3.63) is 46.8 Å². The summed E-state index contributed by atoms with van der Waals surface area (Å²) in [7, 11) is -2.51. The van der Waals surface area contributed by atoms with Gasteiger partial charge in [-0.15, -0.1) is 0 Å². The molecule has 1 saturated heterocycles. The molecule has 24 heavy (non-hydrogen) atoms. The average Bonchev–Trinajstić information content (AvgIpc) is 2.51. The number of hydrogen-bond donors (Lipinski definition) is 0. The fourth-order valence-electron chi connectivity index (χ4n) is 2.28. The first-order valence-electron chi connectivity index (χ1n) is 7.02. The van der Waals surface area contributed by atoms with Gasteiger partial charge < -0.3 is 9.47 Å². The fourth-order valence-corrected chi connectivity index (χ4v) is 4.30. The second-order valence-corrected chi connectivity index (χ2v) is 7.91. The Bertz CT molecular complexity index is 856. The Morgan fingerprint density at radius 1 is 1.33 bits per heavy atom. The van der Waals surface area contributed by atoms with Crippen LogP contribution in [0.1, 0.15) is 0 Å². The minimum absolute atomic E-state index is 0.105. The van der Waals surface area contributed by atoms with E-state index in [-0.39, 0.29) is 29.8 Å². The smallest absolute Gasteiger partial charge is 0.247 e. The maximum atomic E-state index is 13.4. The van der Waals surface area contributed by atoms with Crippen molar-refractivity contribution in [3.63, 3.8) is 0 Å². The molecular weight excluding hydrogens is 403 g/mol. The predicted octanol–water partition coefficient (Wildman–Crippen LogP) is 2.44. The van der Waals surface area contributed by atoms with E-state index < -0.39 is 15.8 Å². The number of hydrogen-bond acceptors (Lipinski definition) is 5. The first kappa shape index (κ1) is 17.1. The number of benzene rings is 1. The van der Waals surface area contributed by atoms with Crippen LogP contribution in [0.4, 0.5) is 4.39 Å². The highest BCUT2D eigenvalue weighted by atomic mass is 79.9. The Morgan fingerprint density at radius 3 is 2.75 bits per heavy atom. The van der Waals surface area contributed by atoms with Crippen molar-refractivity contribution in [1.82, 2.24) is 9.29 Å². The Labute approximate surface area is 147 Å². The van der Waals surface area contributed by atoms with Crippen LogP contribution in [0.25, 0.3) is 0 Å². The molecule has 0 unspecified atom stereocenters. The van der Waals surface area contributed by atoms with Gasteiger partial charge in [0.1, 0.15) is 22.6 Å². The molecule has 1 fully saturated rings. The molecular formula is C15H14BrFN2O4S. The fraction of sp³-hybridized carbons (Fsp3) is 0.267. The van der Waals surface area contributed by atoms with E-state index in [0.717, 1.165) is 12.1 Å². The highest BCUT2D eigenvalue weighted by molar-refractivity contribution is 9.10. The van der Waals surface area contributed by atoms with Gasteiger partial charge in [0.25, 0.3) is 0 Å². The first-order valence-corrected chi connectivity index (χ1v) is 9.26. The van der Waals surface area contributed by atoms with Gasteiger partial charge in [0.05, 0.1) is 24.7 Å². The summed E-state index contributed by atoms with van der Waals surface area (Å²) in [6.07, 6.45) is 1.27. The summed E-state index contributed by atoms with van der Waals surface area (Å²) in [6, 6.07) is 6.94. The molecule has 2 aromatic rings. The monoisotopic (exact) mass is 416 g/mol. The molecule has 0 N–H and O–H groups in total. The number of methoxy groups -OCH3 is 1. The molecule has 9 heteroatoms. The molecule has 1 aromatic heterocycles. The van der Waals surface area contributed by atoms with E-state index in [9.17, 15) is 12.8 Å². The van der Waals surface area contributed by atoms with E-state index in [1.807, 2.05) is 0 Å². The lowest BCUT2D eigenvalue weighted by Crippen LogP contribution is -2.56. The zero-order valence-corrected chi connectivity index (χ0v) is 15.0. The van der Waals surface area contributed by atoms with Gasteiger partial charge >= 0.3 is 0 Å². The van der Waals surface area contributed by atoms with Crippen molar-refractivity contribution < 1.29 is 22.3 Å². The third kappa shape index (κ3) is 3.24. The molecule has 0 radical (unpaired) electrons. The summed E-state index contributed by atoms with van der Waals surface area (Å²) < 4.78 is 51.2. The van der Waals surface area contributed by atoms with Crippen LogP contribution in [0.15, 0.2) is 45.9 Å². The van der Waals surface area contributed by atoms with Crippen LogP contribution in [0.3, 0.4) is 0 Å². The molecule has 0 bridgehead atoms. The SMILES string of the molecule is COc1ccc(F)cc1S(=O)(=O)N1CC(Oc2ncccc2Br)C1. The van der Waals surface area contributed by atoms with Gasteiger partial charge in [0.15, 0.2) is 0 Å². The minimum Gasteiger partial charge on any atom is -0.495 e. The van der Waals surface area contributed by atoms with Crippen LogP contribution in [0, 0.1) is 5.82 Å². The summed E-state index contributed by atoms with van der Waals surface area (Å²) in [6.45, 7) is 0.316. The first-order chi connectivity index (χ1) is 11.4. The van der Waals surface area contributed by atoms with Crippen molar-refractivity contribution in [2.75, 3.05) is 20.2 Å². The van der Waals surface area contributed by atoms with Gasteiger partial charge in [0, 0.05) is 6.20 Å². The quantitative estimate of drug-likeness (QED) is 0.748.